The third-order valence-electron chi connectivity index (χ3n) is 2.25. The zero-order valence-corrected chi connectivity index (χ0v) is 9.31. The Balaban J connectivity index is 2.18. The fraction of sp³-hybridized carbons (Fsp3) is 0.889. The second-order valence-electron chi connectivity index (χ2n) is 3.46. The Morgan fingerprint density at radius 3 is 3.14 bits per heavy atom. The van der Waals surface area contributed by atoms with Gasteiger partial charge in [-0.25, -0.2) is 0 Å². The molecule has 4 nitrogen and oxygen atoms in total. The van der Waals surface area contributed by atoms with E-state index in [1.165, 1.54) is 0 Å². The number of carbonyl (C=O) groups excluding carboxylic acids is 1. The van der Waals surface area contributed by atoms with Gasteiger partial charge in [0.05, 0.1) is 18.7 Å². The third-order valence-corrected chi connectivity index (χ3v) is 2.89. The average molecular weight is 218 g/mol. The van der Waals surface area contributed by atoms with Gasteiger partial charge in [0.2, 0.25) is 5.91 Å². The Morgan fingerprint density at radius 1 is 1.79 bits per heavy atom. The van der Waals surface area contributed by atoms with Crippen LogP contribution < -0.4 is 11.1 Å². The van der Waals surface area contributed by atoms with Crippen molar-refractivity contribution in [2.24, 2.45) is 5.73 Å². The topological polar surface area (TPSA) is 64.4 Å². The molecule has 1 aliphatic rings. The molecule has 0 saturated carbocycles. The van der Waals surface area contributed by atoms with Crippen LogP contribution in [0.1, 0.15) is 12.8 Å². The van der Waals surface area contributed by atoms with Crippen LogP contribution in [0.3, 0.4) is 0 Å². The first kappa shape index (κ1) is 11.8. The Kier molecular flexibility index (Phi) is 5.29. The smallest absolute Gasteiger partial charge is 0.237 e. The molecule has 0 aromatic carbocycles. The predicted molar refractivity (Wildman–Crippen MR) is 58.3 cm³/mol. The van der Waals surface area contributed by atoms with Crippen LogP contribution in [0.15, 0.2) is 0 Å². The first-order valence-electron chi connectivity index (χ1n) is 4.86. The molecule has 1 fully saturated rings. The molecule has 0 aliphatic carbocycles. The highest BCUT2D eigenvalue weighted by molar-refractivity contribution is 7.98. The molecule has 2 atom stereocenters. The zero-order valence-electron chi connectivity index (χ0n) is 8.49. The molecule has 0 bridgehead atoms. The van der Waals surface area contributed by atoms with E-state index >= 15 is 0 Å². The Morgan fingerprint density at radius 2 is 2.57 bits per heavy atom. The standard InChI is InChI=1S/C9H18N2O2S/c1-14-5-3-8(10)9(12)11-7-2-4-13-6-7/h7-8H,2-6,10H2,1H3,(H,11,12)/t7?,8-/m0/s1. The summed E-state index contributed by atoms with van der Waals surface area (Å²) in [6.07, 6.45) is 3.65. The van der Waals surface area contributed by atoms with Crippen LogP contribution >= 0.6 is 11.8 Å². The lowest BCUT2D eigenvalue weighted by Crippen LogP contribution is -2.45. The summed E-state index contributed by atoms with van der Waals surface area (Å²) in [5, 5.41) is 2.89. The van der Waals surface area contributed by atoms with E-state index in [0.29, 0.717) is 6.61 Å². The summed E-state index contributed by atoms with van der Waals surface area (Å²) in [6, 6.07) is -0.203. The SMILES string of the molecule is CSCC[C@H](N)C(=O)NC1CCOC1. The number of rotatable bonds is 5. The van der Waals surface area contributed by atoms with Gasteiger partial charge in [-0.15, -0.1) is 0 Å². The number of nitrogens with one attached hydrogen (secondary N) is 1. The van der Waals surface area contributed by atoms with E-state index in [4.69, 9.17) is 10.5 Å². The Labute approximate surface area is 88.9 Å². The second-order valence-corrected chi connectivity index (χ2v) is 4.44. The molecule has 1 saturated heterocycles. The summed E-state index contributed by atoms with van der Waals surface area (Å²) in [5.41, 5.74) is 5.72. The molecule has 1 heterocycles. The minimum absolute atomic E-state index is 0.0467. The van der Waals surface area contributed by atoms with Gasteiger partial charge in [0, 0.05) is 6.61 Å². The first-order valence-corrected chi connectivity index (χ1v) is 6.26. The second kappa shape index (κ2) is 6.27. The van der Waals surface area contributed by atoms with Crippen LogP contribution in [0.25, 0.3) is 0 Å². The summed E-state index contributed by atoms with van der Waals surface area (Å²) in [4.78, 5) is 11.5. The van der Waals surface area contributed by atoms with E-state index in [9.17, 15) is 4.79 Å². The summed E-state index contributed by atoms with van der Waals surface area (Å²) in [7, 11) is 0. The van der Waals surface area contributed by atoms with Crippen LogP contribution in [0.5, 0.6) is 0 Å². The molecule has 5 heteroatoms. The van der Waals surface area contributed by atoms with E-state index in [0.717, 1.165) is 25.2 Å². The van der Waals surface area contributed by atoms with E-state index in [2.05, 4.69) is 5.32 Å². The molecule has 14 heavy (non-hydrogen) atoms. The number of hydrogen-bond acceptors (Lipinski definition) is 4. The molecule has 1 amide bonds. The van der Waals surface area contributed by atoms with Crippen molar-refractivity contribution in [1.82, 2.24) is 5.32 Å². The molecular formula is C9H18N2O2S. The molecule has 0 aromatic heterocycles. The van der Waals surface area contributed by atoms with Gasteiger partial charge >= 0.3 is 0 Å². The van der Waals surface area contributed by atoms with Gasteiger partial charge in [-0.05, 0) is 24.9 Å². The van der Waals surface area contributed by atoms with Crippen molar-refractivity contribution in [2.75, 3.05) is 25.2 Å². The number of hydrogen-bond donors (Lipinski definition) is 2. The van der Waals surface area contributed by atoms with Crippen molar-refractivity contribution in [3.8, 4) is 0 Å². The molecule has 0 spiro atoms. The predicted octanol–water partition coefficient (Wildman–Crippen LogP) is -0.0281. The van der Waals surface area contributed by atoms with Crippen molar-refractivity contribution in [3.05, 3.63) is 0 Å². The van der Waals surface area contributed by atoms with Gasteiger partial charge in [-0.3, -0.25) is 4.79 Å². The molecule has 3 N–H and O–H groups in total. The van der Waals surface area contributed by atoms with Crippen LogP contribution in [0.4, 0.5) is 0 Å². The van der Waals surface area contributed by atoms with Crippen LogP contribution in [0, 0.1) is 0 Å². The van der Waals surface area contributed by atoms with Gasteiger partial charge in [0.25, 0.3) is 0 Å². The Hall–Kier alpha value is -0.260. The lowest BCUT2D eigenvalue weighted by Gasteiger charge is -2.15. The minimum atomic E-state index is -0.372. The fourth-order valence-corrected chi connectivity index (χ4v) is 1.82. The summed E-state index contributed by atoms with van der Waals surface area (Å²) in [6.45, 7) is 1.37. The van der Waals surface area contributed by atoms with Crippen LogP contribution in [-0.4, -0.2) is 43.2 Å². The Bertz CT molecular complexity index is 184. The molecule has 0 radical (unpaired) electrons. The number of thioether (sulfide) groups is 1. The van der Waals surface area contributed by atoms with Gasteiger partial charge in [0.15, 0.2) is 0 Å². The average Bonchev–Trinajstić information content (AvgIpc) is 2.66. The fourth-order valence-electron chi connectivity index (χ4n) is 1.33. The molecular weight excluding hydrogens is 200 g/mol. The highest BCUT2D eigenvalue weighted by Gasteiger charge is 2.20. The number of nitrogens with two attached hydrogens (primary N) is 1. The summed E-state index contributed by atoms with van der Waals surface area (Å²) >= 11 is 1.71. The normalized spacial score (nSPS) is 23.4. The van der Waals surface area contributed by atoms with E-state index in [1.54, 1.807) is 11.8 Å². The van der Waals surface area contributed by atoms with Crippen molar-refractivity contribution in [1.29, 1.82) is 0 Å². The van der Waals surface area contributed by atoms with Crippen molar-refractivity contribution >= 4 is 17.7 Å². The quantitative estimate of drug-likeness (QED) is 0.680. The molecule has 1 unspecified atom stereocenters. The highest BCUT2D eigenvalue weighted by Crippen LogP contribution is 2.04. The lowest BCUT2D eigenvalue weighted by molar-refractivity contribution is -0.123. The van der Waals surface area contributed by atoms with Crippen LogP contribution in [0.2, 0.25) is 0 Å². The molecule has 82 valence electrons. The van der Waals surface area contributed by atoms with Crippen molar-refractivity contribution in [2.45, 2.75) is 24.9 Å². The maximum Gasteiger partial charge on any atom is 0.237 e. The van der Waals surface area contributed by atoms with E-state index in [-0.39, 0.29) is 18.0 Å². The summed E-state index contributed by atoms with van der Waals surface area (Å²) < 4.78 is 5.16. The van der Waals surface area contributed by atoms with E-state index in [1.807, 2.05) is 6.26 Å². The maximum atomic E-state index is 11.5. The van der Waals surface area contributed by atoms with Crippen molar-refractivity contribution < 1.29 is 9.53 Å². The monoisotopic (exact) mass is 218 g/mol. The largest absolute Gasteiger partial charge is 0.379 e. The number of ether oxygens (including phenoxy) is 1. The maximum absolute atomic E-state index is 11.5. The summed E-state index contributed by atoms with van der Waals surface area (Å²) in [5.74, 6) is 0.880. The van der Waals surface area contributed by atoms with Gasteiger partial charge in [-0.1, -0.05) is 0 Å². The van der Waals surface area contributed by atoms with Gasteiger partial charge < -0.3 is 15.8 Å². The first-order chi connectivity index (χ1) is 6.74. The molecule has 0 aromatic rings. The van der Waals surface area contributed by atoms with Crippen molar-refractivity contribution in [3.63, 3.8) is 0 Å². The minimum Gasteiger partial charge on any atom is -0.379 e. The van der Waals surface area contributed by atoms with Gasteiger partial charge in [-0.2, -0.15) is 11.8 Å². The highest BCUT2D eigenvalue weighted by atomic mass is 32.2. The molecule has 1 rings (SSSR count). The number of amides is 1. The number of carbonyl (C=O) groups is 1. The lowest BCUT2D eigenvalue weighted by atomic mass is 10.2. The zero-order chi connectivity index (χ0) is 10.4. The van der Waals surface area contributed by atoms with Gasteiger partial charge in [0.1, 0.15) is 0 Å². The van der Waals surface area contributed by atoms with E-state index < -0.39 is 0 Å². The van der Waals surface area contributed by atoms with Crippen LogP contribution in [-0.2, 0) is 9.53 Å². The molecule has 1 aliphatic heterocycles. The third kappa shape index (κ3) is 3.86.